The first kappa shape index (κ1) is 10.0. The van der Waals surface area contributed by atoms with E-state index in [9.17, 15) is 0 Å². The molecule has 0 aromatic heterocycles. The summed E-state index contributed by atoms with van der Waals surface area (Å²) in [5.41, 5.74) is 1.36. The number of benzene rings is 1. The number of nitrogens with one attached hydrogen (secondary N) is 1. The van der Waals surface area contributed by atoms with Crippen LogP contribution in [-0.2, 0) is 0 Å². The summed E-state index contributed by atoms with van der Waals surface area (Å²) in [7, 11) is 0. The first-order valence-electron chi connectivity index (χ1n) is 5.24. The van der Waals surface area contributed by atoms with Crippen molar-refractivity contribution in [2.45, 2.75) is 25.8 Å². The molecule has 2 rings (SSSR count). The Balaban J connectivity index is 2.10. The maximum absolute atomic E-state index is 5.86. The summed E-state index contributed by atoms with van der Waals surface area (Å²) in [5.74, 6) is 0.830. The van der Waals surface area contributed by atoms with Gasteiger partial charge in [0.25, 0.3) is 0 Å². The molecule has 1 fully saturated rings. The van der Waals surface area contributed by atoms with E-state index in [-0.39, 0.29) is 0 Å². The fraction of sp³-hybridized carbons (Fsp3) is 0.500. The molecule has 0 bridgehead atoms. The minimum atomic E-state index is 0.524. The molecule has 0 radical (unpaired) electrons. The van der Waals surface area contributed by atoms with Gasteiger partial charge in [-0.15, -0.1) is 0 Å². The van der Waals surface area contributed by atoms with Gasteiger partial charge in [0.1, 0.15) is 0 Å². The summed E-state index contributed by atoms with van der Waals surface area (Å²) in [4.78, 5) is 0. The molecule has 14 heavy (non-hydrogen) atoms. The third kappa shape index (κ3) is 2.28. The Morgan fingerprint density at radius 2 is 2.00 bits per heavy atom. The van der Waals surface area contributed by atoms with E-state index in [1.165, 1.54) is 18.4 Å². The van der Waals surface area contributed by atoms with Crippen LogP contribution in [0.4, 0.5) is 0 Å². The molecule has 1 N–H and O–H groups in total. The van der Waals surface area contributed by atoms with Crippen LogP contribution in [0.3, 0.4) is 0 Å². The molecular weight excluding hydrogens is 194 g/mol. The lowest BCUT2D eigenvalue weighted by molar-refractivity contribution is 0.325. The van der Waals surface area contributed by atoms with Gasteiger partial charge in [-0.1, -0.05) is 30.7 Å². The minimum Gasteiger partial charge on any atom is -0.310 e. The van der Waals surface area contributed by atoms with E-state index in [0.717, 1.165) is 17.5 Å². The first-order chi connectivity index (χ1) is 6.75. The molecular formula is C12H16ClN. The maximum Gasteiger partial charge on any atom is 0.0406 e. The van der Waals surface area contributed by atoms with Crippen LogP contribution in [0.1, 0.15) is 31.4 Å². The van der Waals surface area contributed by atoms with Crippen LogP contribution in [0, 0.1) is 5.92 Å². The van der Waals surface area contributed by atoms with Crippen LogP contribution < -0.4 is 5.32 Å². The Bertz CT molecular complexity index is 294. The standard InChI is InChI=1S/C12H16ClN/c1-9-6-7-14-12(8-9)10-2-4-11(13)5-3-10/h2-5,9,12,14H,6-8H2,1H3/t9-,12+/m1/s1. The number of hydrogen-bond acceptors (Lipinski definition) is 1. The minimum absolute atomic E-state index is 0.524. The highest BCUT2D eigenvalue weighted by Crippen LogP contribution is 2.27. The van der Waals surface area contributed by atoms with Crippen molar-refractivity contribution >= 4 is 11.6 Å². The molecule has 2 heteroatoms. The van der Waals surface area contributed by atoms with Crippen LogP contribution in [-0.4, -0.2) is 6.54 Å². The molecule has 0 spiro atoms. The lowest BCUT2D eigenvalue weighted by Crippen LogP contribution is -2.30. The van der Waals surface area contributed by atoms with Crippen molar-refractivity contribution in [2.24, 2.45) is 5.92 Å². The normalized spacial score (nSPS) is 27.6. The monoisotopic (exact) mass is 209 g/mol. The zero-order valence-electron chi connectivity index (χ0n) is 8.46. The summed E-state index contributed by atoms with van der Waals surface area (Å²) < 4.78 is 0. The van der Waals surface area contributed by atoms with Crippen molar-refractivity contribution in [2.75, 3.05) is 6.54 Å². The van der Waals surface area contributed by atoms with E-state index >= 15 is 0 Å². The van der Waals surface area contributed by atoms with Crippen molar-refractivity contribution in [3.05, 3.63) is 34.9 Å². The highest BCUT2D eigenvalue weighted by molar-refractivity contribution is 6.30. The highest BCUT2D eigenvalue weighted by Gasteiger charge is 2.19. The van der Waals surface area contributed by atoms with Gasteiger partial charge in [0, 0.05) is 11.1 Å². The summed E-state index contributed by atoms with van der Waals surface area (Å²) in [6.07, 6.45) is 2.53. The molecule has 76 valence electrons. The summed E-state index contributed by atoms with van der Waals surface area (Å²) in [6.45, 7) is 3.46. The zero-order valence-corrected chi connectivity index (χ0v) is 9.22. The molecule has 1 aromatic rings. The topological polar surface area (TPSA) is 12.0 Å². The third-order valence-electron chi connectivity index (χ3n) is 2.94. The molecule has 1 aliphatic rings. The van der Waals surface area contributed by atoms with Crippen LogP contribution in [0.25, 0.3) is 0 Å². The third-order valence-corrected chi connectivity index (χ3v) is 3.19. The molecule has 0 unspecified atom stereocenters. The predicted molar refractivity (Wildman–Crippen MR) is 60.6 cm³/mol. The van der Waals surface area contributed by atoms with Gasteiger partial charge in [-0.05, 0) is 43.0 Å². The van der Waals surface area contributed by atoms with E-state index < -0.39 is 0 Å². The van der Waals surface area contributed by atoms with Gasteiger partial charge in [-0.2, -0.15) is 0 Å². The molecule has 1 nitrogen and oxygen atoms in total. The molecule has 0 saturated carbocycles. The Morgan fingerprint density at radius 3 is 2.64 bits per heavy atom. The first-order valence-corrected chi connectivity index (χ1v) is 5.62. The van der Waals surface area contributed by atoms with Gasteiger partial charge in [0.15, 0.2) is 0 Å². The van der Waals surface area contributed by atoms with Crippen LogP contribution >= 0.6 is 11.6 Å². The fourth-order valence-electron chi connectivity index (χ4n) is 2.06. The molecule has 1 aromatic carbocycles. The summed E-state index contributed by atoms with van der Waals surface area (Å²) in [6, 6.07) is 8.71. The fourth-order valence-corrected chi connectivity index (χ4v) is 2.18. The lowest BCUT2D eigenvalue weighted by Gasteiger charge is -2.28. The number of rotatable bonds is 1. The van der Waals surface area contributed by atoms with E-state index in [0.29, 0.717) is 6.04 Å². The number of hydrogen-bond donors (Lipinski definition) is 1. The predicted octanol–water partition coefficient (Wildman–Crippen LogP) is 3.40. The Morgan fingerprint density at radius 1 is 1.29 bits per heavy atom. The second-order valence-electron chi connectivity index (χ2n) is 4.19. The zero-order chi connectivity index (χ0) is 9.97. The number of halogens is 1. The quantitative estimate of drug-likeness (QED) is 0.748. The van der Waals surface area contributed by atoms with Crippen molar-refractivity contribution < 1.29 is 0 Å². The Kier molecular flexibility index (Phi) is 3.09. The van der Waals surface area contributed by atoms with Gasteiger partial charge < -0.3 is 5.32 Å². The van der Waals surface area contributed by atoms with Gasteiger partial charge in [-0.3, -0.25) is 0 Å². The van der Waals surface area contributed by atoms with Crippen molar-refractivity contribution in [3.63, 3.8) is 0 Å². The van der Waals surface area contributed by atoms with Gasteiger partial charge in [0.2, 0.25) is 0 Å². The van der Waals surface area contributed by atoms with Crippen LogP contribution in [0.2, 0.25) is 5.02 Å². The Labute approximate surface area is 90.5 Å². The number of piperidine rings is 1. The molecule has 1 saturated heterocycles. The highest BCUT2D eigenvalue weighted by atomic mass is 35.5. The molecule has 1 aliphatic heterocycles. The second-order valence-corrected chi connectivity index (χ2v) is 4.62. The lowest BCUT2D eigenvalue weighted by atomic mass is 9.90. The largest absolute Gasteiger partial charge is 0.310 e. The summed E-state index contributed by atoms with van der Waals surface area (Å²) in [5, 5.41) is 4.36. The van der Waals surface area contributed by atoms with Crippen molar-refractivity contribution in [1.29, 1.82) is 0 Å². The van der Waals surface area contributed by atoms with Crippen molar-refractivity contribution in [3.8, 4) is 0 Å². The van der Waals surface area contributed by atoms with E-state index in [1.54, 1.807) is 0 Å². The van der Waals surface area contributed by atoms with E-state index in [2.05, 4.69) is 24.4 Å². The average Bonchev–Trinajstić information content (AvgIpc) is 2.19. The van der Waals surface area contributed by atoms with E-state index in [1.807, 2.05) is 12.1 Å². The van der Waals surface area contributed by atoms with Crippen molar-refractivity contribution in [1.82, 2.24) is 5.32 Å². The van der Waals surface area contributed by atoms with Crippen LogP contribution in [0.5, 0.6) is 0 Å². The Hall–Kier alpha value is -0.530. The smallest absolute Gasteiger partial charge is 0.0406 e. The SMILES string of the molecule is C[C@@H]1CCN[C@H](c2ccc(Cl)cc2)C1. The van der Waals surface area contributed by atoms with Crippen LogP contribution in [0.15, 0.2) is 24.3 Å². The average molecular weight is 210 g/mol. The molecule has 2 atom stereocenters. The van der Waals surface area contributed by atoms with Gasteiger partial charge in [0.05, 0.1) is 0 Å². The van der Waals surface area contributed by atoms with Gasteiger partial charge in [-0.25, -0.2) is 0 Å². The van der Waals surface area contributed by atoms with E-state index in [4.69, 9.17) is 11.6 Å². The second kappa shape index (κ2) is 4.33. The summed E-state index contributed by atoms with van der Waals surface area (Å²) >= 11 is 5.86. The molecule has 1 heterocycles. The molecule has 0 aliphatic carbocycles. The maximum atomic E-state index is 5.86. The molecule has 0 amide bonds. The van der Waals surface area contributed by atoms with Gasteiger partial charge >= 0.3 is 0 Å².